The summed E-state index contributed by atoms with van der Waals surface area (Å²) < 4.78 is 13.2. The molecule has 0 bridgehead atoms. The average Bonchev–Trinajstić information content (AvgIpc) is 3.21. The van der Waals surface area contributed by atoms with E-state index >= 15 is 0 Å². The zero-order valence-electron chi connectivity index (χ0n) is 13.7. The van der Waals surface area contributed by atoms with E-state index in [0.717, 1.165) is 0 Å². The van der Waals surface area contributed by atoms with Crippen LogP contribution in [0.25, 0.3) is 0 Å². The molecule has 2 fully saturated rings. The summed E-state index contributed by atoms with van der Waals surface area (Å²) in [5.41, 5.74) is 9.52. The Labute approximate surface area is 144 Å². The van der Waals surface area contributed by atoms with Gasteiger partial charge in [-0.05, 0) is 29.5 Å². The van der Waals surface area contributed by atoms with Crippen LogP contribution in [-0.4, -0.2) is 47.7 Å². The first kappa shape index (κ1) is 17.6. The van der Waals surface area contributed by atoms with Gasteiger partial charge in [0.05, 0.1) is 6.42 Å². The van der Waals surface area contributed by atoms with Crippen LogP contribution in [0.5, 0.6) is 0 Å². The van der Waals surface area contributed by atoms with Crippen molar-refractivity contribution >= 4 is 12.0 Å². The second-order valence-electron chi connectivity index (χ2n) is 6.47. The normalized spacial score (nSPS) is 26.0. The second-order valence-corrected chi connectivity index (χ2v) is 6.47. The maximum Gasteiger partial charge on any atom is 0.317 e. The lowest BCUT2D eigenvalue weighted by Gasteiger charge is -2.22. The summed E-state index contributed by atoms with van der Waals surface area (Å²) in [6.45, 7) is 1.77. The van der Waals surface area contributed by atoms with E-state index in [9.17, 15) is 14.0 Å². The quantitative estimate of drug-likeness (QED) is 0.513. The van der Waals surface area contributed by atoms with Crippen LogP contribution in [0.15, 0.2) is 24.3 Å². The molecule has 2 heterocycles. The summed E-state index contributed by atoms with van der Waals surface area (Å²) in [6.07, 6.45) is 0.0243. The lowest BCUT2D eigenvalue weighted by atomic mass is 9.87. The van der Waals surface area contributed by atoms with Gasteiger partial charge in [-0.25, -0.2) is 20.0 Å². The number of halogens is 1. The van der Waals surface area contributed by atoms with Gasteiger partial charge in [0.1, 0.15) is 5.82 Å². The van der Waals surface area contributed by atoms with Crippen LogP contribution in [0.1, 0.15) is 12.0 Å². The molecule has 25 heavy (non-hydrogen) atoms. The van der Waals surface area contributed by atoms with Crippen LogP contribution in [0.4, 0.5) is 9.18 Å². The highest BCUT2D eigenvalue weighted by atomic mass is 19.1. The van der Waals surface area contributed by atoms with Crippen molar-refractivity contribution < 1.29 is 19.1 Å². The first-order chi connectivity index (χ1) is 12.0. The monoisotopic (exact) mass is 351 g/mol. The van der Waals surface area contributed by atoms with Crippen LogP contribution in [0.3, 0.4) is 0 Å². The number of nitrogens with one attached hydrogen (secondary N) is 4. The van der Waals surface area contributed by atoms with E-state index in [1.54, 1.807) is 17.0 Å². The second kappa shape index (κ2) is 7.77. The fraction of sp³-hybridized carbons (Fsp3) is 0.500. The average molecular weight is 351 g/mol. The third-order valence-electron chi connectivity index (χ3n) is 4.73. The molecule has 2 aliphatic rings. The van der Waals surface area contributed by atoms with Gasteiger partial charge in [-0.15, -0.1) is 0 Å². The third kappa shape index (κ3) is 4.44. The standard InChI is InChI=1S/C16H22FN5O3/c17-12-3-1-2-10(4-12)6-18-16(25)22-8-11(5-15(23)24)13(9-22)14-7-19-21-20-14/h1-4,11,13-14,19-21H,5-9H2,(H,18,25)(H,23,24)/t11-,13+,14?/m1/s1. The number of aliphatic carboxylic acids is 1. The molecule has 2 saturated heterocycles. The molecule has 1 unspecified atom stereocenters. The molecule has 136 valence electrons. The van der Waals surface area contributed by atoms with Crippen molar-refractivity contribution in [2.24, 2.45) is 11.8 Å². The molecule has 1 aromatic carbocycles. The number of hydrogen-bond donors (Lipinski definition) is 5. The van der Waals surface area contributed by atoms with Crippen LogP contribution in [-0.2, 0) is 11.3 Å². The van der Waals surface area contributed by atoms with Crippen LogP contribution in [0.2, 0.25) is 0 Å². The van der Waals surface area contributed by atoms with E-state index < -0.39 is 5.97 Å². The van der Waals surface area contributed by atoms with E-state index in [1.807, 2.05) is 0 Å². The van der Waals surface area contributed by atoms with E-state index in [1.165, 1.54) is 12.1 Å². The summed E-state index contributed by atoms with van der Waals surface area (Å²) in [6, 6.07) is 5.86. The highest BCUT2D eigenvalue weighted by molar-refractivity contribution is 5.75. The molecule has 3 rings (SSSR count). The maximum atomic E-state index is 13.2. The van der Waals surface area contributed by atoms with Gasteiger partial charge >= 0.3 is 12.0 Å². The van der Waals surface area contributed by atoms with E-state index in [4.69, 9.17) is 5.11 Å². The Bertz CT molecular complexity index is 638. The molecule has 8 nitrogen and oxygen atoms in total. The van der Waals surface area contributed by atoms with Gasteiger partial charge in [-0.3, -0.25) is 4.79 Å². The van der Waals surface area contributed by atoms with Gasteiger partial charge in [0.25, 0.3) is 0 Å². The van der Waals surface area contributed by atoms with Gasteiger partial charge in [-0.1, -0.05) is 12.1 Å². The number of hydrogen-bond acceptors (Lipinski definition) is 5. The highest BCUT2D eigenvalue weighted by Crippen LogP contribution is 2.29. The molecule has 0 spiro atoms. The molecule has 0 aliphatic carbocycles. The smallest absolute Gasteiger partial charge is 0.317 e. The van der Waals surface area contributed by atoms with Gasteiger partial charge < -0.3 is 15.3 Å². The number of likely N-dealkylation sites (tertiary alicyclic amines) is 1. The van der Waals surface area contributed by atoms with Crippen molar-refractivity contribution in [2.75, 3.05) is 19.6 Å². The van der Waals surface area contributed by atoms with Gasteiger partial charge in [-0.2, -0.15) is 5.53 Å². The van der Waals surface area contributed by atoms with Crippen molar-refractivity contribution in [2.45, 2.75) is 19.0 Å². The number of amides is 2. The Hall–Kier alpha value is -2.23. The molecule has 5 N–H and O–H groups in total. The van der Waals surface area contributed by atoms with Gasteiger partial charge in [0, 0.05) is 32.2 Å². The molecule has 0 radical (unpaired) electrons. The third-order valence-corrected chi connectivity index (χ3v) is 4.73. The zero-order chi connectivity index (χ0) is 17.8. The van der Waals surface area contributed by atoms with E-state index in [2.05, 4.69) is 21.7 Å². The number of hydrazine groups is 2. The molecule has 2 aliphatic heterocycles. The fourth-order valence-corrected chi connectivity index (χ4v) is 3.51. The molecular weight excluding hydrogens is 329 g/mol. The Morgan fingerprint density at radius 3 is 2.88 bits per heavy atom. The van der Waals surface area contributed by atoms with Gasteiger partial charge in [0.15, 0.2) is 0 Å². The van der Waals surface area contributed by atoms with Crippen LogP contribution < -0.4 is 21.7 Å². The number of carboxylic acids is 1. The van der Waals surface area contributed by atoms with Crippen molar-refractivity contribution in [1.29, 1.82) is 0 Å². The van der Waals surface area contributed by atoms with Crippen molar-refractivity contribution in [3.8, 4) is 0 Å². The minimum atomic E-state index is -0.865. The lowest BCUT2D eigenvalue weighted by Crippen LogP contribution is -2.42. The first-order valence-corrected chi connectivity index (χ1v) is 8.25. The molecule has 3 atom stereocenters. The Morgan fingerprint density at radius 1 is 1.36 bits per heavy atom. The Kier molecular flexibility index (Phi) is 5.47. The summed E-state index contributed by atoms with van der Waals surface area (Å²) in [5, 5.41) is 11.9. The predicted molar refractivity (Wildman–Crippen MR) is 87.5 cm³/mol. The predicted octanol–water partition coefficient (Wildman–Crippen LogP) is 0.0390. The molecule has 9 heteroatoms. The Balaban J connectivity index is 1.59. The minimum Gasteiger partial charge on any atom is -0.481 e. The largest absolute Gasteiger partial charge is 0.481 e. The van der Waals surface area contributed by atoms with Crippen molar-refractivity contribution in [3.63, 3.8) is 0 Å². The van der Waals surface area contributed by atoms with Gasteiger partial charge in [0.2, 0.25) is 0 Å². The summed E-state index contributed by atoms with van der Waals surface area (Å²) >= 11 is 0. The molecule has 0 saturated carbocycles. The number of carbonyl (C=O) groups excluding carboxylic acids is 1. The van der Waals surface area contributed by atoms with Crippen LogP contribution >= 0.6 is 0 Å². The number of nitrogens with zero attached hydrogens (tertiary/aromatic N) is 1. The summed E-state index contributed by atoms with van der Waals surface area (Å²) in [7, 11) is 0. The van der Waals surface area contributed by atoms with E-state index in [-0.39, 0.29) is 42.7 Å². The summed E-state index contributed by atoms with van der Waals surface area (Å²) in [5.74, 6) is -1.28. The number of benzene rings is 1. The molecule has 0 aromatic heterocycles. The topological polar surface area (TPSA) is 106 Å². The SMILES string of the molecule is O=C(O)C[C@@H]1CN(C(=O)NCc2cccc(F)c2)C[C@@H]1C1CNNN1. The highest BCUT2D eigenvalue weighted by Gasteiger charge is 2.41. The molecular formula is C16H22FN5O3. The Morgan fingerprint density at radius 2 is 2.20 bits per heavy atom. The minimum absolute atomic E-state index is 0.0243. The number of carbonyl (C=O) groups is 2. The lowest BCUT2D eigenvalue weighted by molar-refractivity contribution is -0.138. The number of carboxylic acid groups (broad SMARTS) is 1. The van der Waals surface area contributed by atoms with Crippen molar-refractivity contribution in [3.05, 3.63) is 35.6 Å². The van der Waals surface area contributed by atoms with Crippen LogP contribution in [0, 0.1) is 17.7 Å². The number of urea groups is 1. The first-order valence-electron chi connectivity index (χ1n) is 8.25. The maximum absolute atomic E-state index is 13.2. The zero-order valence-corrected chi connectivity index (χ0v) is 13.7. The molecule has 1 aromatic rings. The fourth-order valence-electron chi connectivity index (χ4n) is 3.51. The molecule has 2 amide bonds. The number of rotatable bonds is 5. The van der Waals surface area contributed by atoms with Crippen molar-refractivity contribution in [1.82, 2.24) is 26.6 Å². The summed E-state index contributed by atoms with van der Waals surface area (Å²) in [4.78, 5) is 25.2. The van der Waals surface area contributed by atoms with E-state index in [0.29, 0.717) is 25.2 Å².